The van der Waals surface area contributed by atoms with Crippen molar-refractivity contribution in [3.63, 3.8) is 0 Å². The normalized spacial score (nSPS) is 18.4. The first-order chi connectivity index (χ1) is 13.5. The highest BCUT2D eigenvalue weighted by molar-refractivity contribution is 9.10. The average molecular weight is 440 g/mol. The SMILES string of the molecule is O=C(C[C@@]1(O)C(=O)N(CCc2ccccc2)c2ccc(Br)cc21)c1ccco1. The van der Waals surface area contributed by atoms with Crippen molar-refractivity contribution in [2.75, 3.05) is 11.4 Å². The van der Waals surface area contributed by atoms with Crippen LogP contribution in [0.25, 0.3) is 0 Å². The van der Waals surface area contributed by atoms with Gasteiger partial charge in [0.05, 0.1) is 18.4 Å². The third-order valence-corrected chi connectivity index (χ3v) is 5.47. The number of hydrogen-bond donors (Lipinski definition) is 1. The zero-order valence-electron chi connectivity index (χ0n) is 15.0. The number of carbonyl (C=O) groups excluding carboxylic acids is 2. The fraction of sp³-hybridized carbons (Fsp3) is 0.182. The summed E-state index contributed by atoms with van der Waals surface area (Å²) >= 11 is 3.39. The molecule has 0 bridgehead atoms. The highest BCUT2D eigenvalue weighted by Gasteiger charge is 2.51. The molecule has 6 heteroatoms. The summed E-state index contributed by atoms with van der Waals surface area (Å²) in [6, 6.07) is 18.3. The van der Waals surface area contributed by atoms with E-state index in [0.717, 1.165) is 10.0 Å². The Morgan fingerprint density at radius 1 is 1.11 bits per heavy atom. The molecule has 0 saturated carbocycles. The van der Waals surface area contributed by atoms with Crippen molar-refractivity contribution >= 4 is 33.3 Å². The maximum absolute atomic E-state index is 13.2. The second kappa shape index (κ2) is 7.37. The summed E-state index contributed by atoms with van der Waals surface area (Å²) in [5.74, 6) is -0.784. The van der Waals surface area contributed by atoms with Crippen LogP contribution in [0.5, 0.6) is 0 Å². The molecule has 1 amide bonds. The third kappa shape index (κ3) is 3.30. The van der Waals surface area contributed by atoms with E-state index in [1.807, 2.05) is 36.4 Å². The van der Waals surface area contributed by atoms with Gasteiger partial charge in [-0.15, -0.1) is 0 Å². The van der Waals surface area contributed by atoms with E-state index >= 15 is 0 Å². The van der Waals surface area contributed by atoms with E-state index in [2.05, 4.69) is 15.9 Å². The summed E-state index contributed by atoms with van der Waals surface area (Å²) in [6.07, 6.45) is 1.67. The van der Waals surface area contributed by atoms with Gasteiger partial charge in [0.2, 0.25) is 5.78 Å². The van der Waals surface area contributed by atoms with Crippen LogP contribution in [0.15, 0.2) is 75.8 Å². The van der Waals surface area contributed by atoms with Crippen LogP contribution in [0, 0.1) is 0 Å². The van der Waals surface area contributed by atoms with Crippen LogP contribution in [0.4, 0.5) is 5.69 Å². The summed E-state index contributed by atoms with van der Waals surface area (Å²) in [5, 5.41) is 11.3. The summed E-state index contributed by atoms with van der Waals surface area (Å²) in [6.45, 7) is 0.411. The predicted molar refractivity (Wildman–Crippen MR) is 108 cm³/mol. The first kappa shape index (κ1) is 18.7. The van der Waals surface area contributed by atoms with Gasteiger partial charge < -0.3 is 14.4 Å². The van der Waals surface area contributed by atoms with Crippen LogP contribution in [0.3, 0.4) is 0 Å². The molecule has 1 aliphatic rings. The number of hydrogen-bond acceptors (Lipinski definition) is 4. The van der Waals surface area contributed by atoms with E-state index in [1.165, 1.54) is 12.3 Å². The molecule has 4 rings (SSSR count). The van der Waals surface area contributed by atoms with Crippen molar-refractivity contribution < 1.29 is 19.1 Å². The molecule has 2 aromatic carbocycles. The standard InChI is InChI=1S/C22H18BrNO4/c23-16-8-9-18-17(13-16)22(27,14-19(25)20-7-4-12-28-20)21(26)24(18)11-10-15-5-2-1-3-6-15/h1-9,12-13,27H,10-11,14H2/t22-/m0/s1. The fourth-order valence-corrected chi connectivity index (χ4v) is 3.92. The Morgan fingerprint density at radius 3 is 2.61 bits per heavy atom. The summed E-state index contributed by atoms with van der Waals surface area (Å²) < 4.78 is 5.86. The summed E-state index contributed by atoms with van der Waals surface area (Å²) in [7, 11) is 0. The molecule has 1 aliphatic heterocycles. The number of amides is 1. The van der Waals surface area contributed by atoms with Crippen LogP contribution in [-0.2, 0) is 16.8 Å². The number of nitrogens with zero attached hydrogens (tertiary/aromatic N) is 1. The van der Waals surface area contributed by atoms with Gasteiger partial charge in [0.15, 0.2) is 11.4 Å². The Hall–Kier alpha value is -2.70. The predicted octanol–water partition coefficient (Wildman–Crippen LogP) is 4.09. The number of anilines is 1. The Bertz CT molecular complexity index is 1020. The molecule has 0 fully saturated rings. The number of halogens is 1. The minimum Gasteiger partial charge on any atom is -0.461 e. The number of furan rings is 1. The summed E-state index contributed by atoms with van der Waals surface area (Å²) in [5.41, 5.74) is 0.231. The Balaban J connectivity index is 1.65. The van der Waals surface area contributed by atoms with Gasteiger partial charge in [0.25, 0.3) is 5.91 Å². The van der Waals surface area contributed by atoms with Crippen LogP contribution in [0.2, 0.25) is 0 Å². The number of Topliss-reactive ketones (excluding diaryl/α,β-unsaturated/α-hetero) is 1. The van der Waals surface area contributed by atoms with E-state index in [0.29, 0.717) is 24.2 Å². The van der Waals surface area contributed by atoms with Gasteiger partial charge in [0, 0.05) is 16.6 Å². The zero-order chi connectivity index (χ0) is 19.7. The van der Waals surface area contributed by atoms with E-state index in [-0.39, 0.29) is 12.2 Å². The van der Waals surface area contributed by atoms with Crippen LogP contribution < -0.4 is 4.90 Å². The topological polar surface area (TPSA) is 70.8 Å². The minimum atomic E-state index is -1.92. The average Bonchev–Trinajstić information content (AvgIpc) is 3.30. The lowest BCUT2D eigenvalue weighted by atomic mass is 9.89. The Kier molecular flexibility index (Phi) is 4.91. The molecular weight excluding hydrogens is 422 g/mol. The van der Waals surface area contributed by atoms with Gasteiger partial charge in [-0.05, 0) is 42.3 Å². The lowest BCUT2D eigenvalue weighted by molar-refractivity contribution is -0.135. The lowest BCUT2D eigenvalue weighted by Gasteiger charge is -2.22. The van der Waals surface area contributed by atoms with E-state index < -0.39 is 17.3 Å². The van der Waals surface area contributed by atoms with Gasteiger partial charge in [0.1, 0.15) is 0 Å². The first-order valence-electron chi connectivity index (χ1n) is 8.94. The van der Waals surface area contributed by atoms with Gasteiger partial charge in [-0.2, -0.15) is 0 Å². The molecule has 3 aromatic rings. The first-order valence-corrected chi connectivity index (χ1v) is 9.73. The van der Waals surface area contributed by atoms with E-state index in [1.54, 1.807) is 23.1 Å². The number of benzene rings is 2. The molecule has 28 heavy (non-hydrogen) atoms. The molecule has 0 aliphatic carbocycles. The summed E-state index contributed by atoms with van der Waals surface area (Å²) in [4.78, 5) is 27.3. The largest absolute Gasteiger partial charge is 0.461 e. The second-order valence-corrected chi connectivity index (χ2v) is 7.71. The van der Waals surface area contributed by atoms with Gasteiger partial charge in [-0.3, -0.25) is 9.59 Å². The molecule has 1 N–H and O–H groups in total. The molecule has 0 unspecified atom stereocenters. The molecule has 1 aromatic heterocycles. The van der Waals surface area contributed by atoms with Crippen LogP contribution >= 0.6 is 15.9 Å². The molecule has 142 valence electrons. The maximum Gasteiger partial charge on any atom is 0.264 e. The number of carbonyl (C=O) groups is 2. The van der Waals surface area contributed by atoms with E-state index in [9.17, 15) is 14.7 Å². The molecule has 0 radical (unpaired) electrons. The highest BCUT2D eigenvalue weighted by Crippen LogP contribution is 2.44. The molecule has 1 atom stereocenters. The molecule has 5 nitrogen and oxygen atoms in total. The highest BCUT2D eigenvalue weighted by atomic mass is 79.9. The van der Waals surface area contributed by atoms with Gasteiger partial charge >= 0.3 is 0 Å². The van der Waals surface area contributed by atoms with Gasteiger partial charge in [-0.1, -0.05) is 46.3 Å². The van der Waals surface area contributed by atoms with Crippen LogP contribution in [-0.4, -0.2) is 23.3 Å². The smallest absolute Gasteiger partial charge is 0.264 e. The monoisotopic (exact) mass is 439 g/mol. The van der Waals surface area contributed by atoms with Crippen LogP contribution in [0.1, 0.15) is 28.1 Å². The zero-order valence-corrected chi connectivity index (χ0v) is 16.6. The maximum atomic E-state index is 13.2. The Morgan fingerprint density at radius 2 is 1.89 bits per heavy atom. The molecule has 0 saturated heterocycles. The van der Waals surface area contributed by atoms with Crippen molar-refractivity contribution in [1.82, 2.24) is 0 Å². The van der Waals surface area contributed by atoms with Crippen molar-refractivity contribution in [2.24, 2.45) is 0 Å². The lowest BCUT2D eigenvalue weighted by Crippen LogP contribution is -2.42. The van der Waals surface area contributed by atoms with E-state index in [4.69, 9.17) is 4.42 Å². The number of aliphatic hydroxyl groups is 1. The second-order valence-electron chi connectivity index (χ2n) is 6.79. The Labute approximate surface area is 170 Å². The quantitative estimate of drug-likeness (QED) is 0.587. The number of rotatable bonds is 6. The third-order valence-electron chi connectivity index (χ3n) is 4.97. The van der Waals surface area contributed by atoms with Crippen molar-refractivity contribution in [3.05, 3.63) is 88.3 Å². The van der Waals surface area contributed by atoms with Gasteiger partial charge in [-0.25, -0.2) is 0 Å². The number of fused-ring (bicyclic) bond motifs is 1. The fourth-order valence-electron chi connectivity index (χ4n) is 3.56. The van der Waals surface area contributed by atoms with Crippen molar-refractivity contribution in [3.8, 4) is 0 Å². The van der Waals surface area contributed by atoms with Crippen molar-refractivity contribution in [2.45, 2.75) is 18.4 Å². The van der Waals surface area contributed by atoms with Crippen molar-refractivity contribution in [1.29, 1.82) is 0 Å². The minimum absolute atomic E-state index is 0.125. The number of ketones is 1. The molecular formula is C22H18BrNO4. The molecule has 2 heterocycles. The molecule has 0 spiro atoms.